The molecule has 1 aliphatic carbocycles. The lowest BCUT2D eigenvalue weighted by Crippen LogP contribution is -2.10. The first kappa shape index (κ1) is 92.5. The van der Waals surface area contributed by atoms with Crippen molar-refractivity contribution in [1.29, 1.82) is 0 Å². The minimum absolute atomic E-state index is 0.0149. The number of fused-ring (bicyclic) bond motifs is 15. The van der Waals surface area contributed by atoms with E-state index in [0.29, 0.717) is 49.5 Å². The summed E-state index contributed by atoms with van der Waals surface area (Å²) in [7, 11) is 1.35. The maximum Gasteiger partial charge on any atom is 0.330 e. The van der Waals surface area contributed by atoms with Crippen LogP contribution >= 0.6 is 75.3 Å². The number of nitrogens with zero attached hydrogens (tertiary/aromatic N) is 21. The Labute approximate surface area is 812 Å². The van der Waals surface area contributed by atoms with Crippen molar-refractivity contribution >= 4 is 127 Å². The van der Waals surface area contributed by atoms with Gasteiger partial charge in [-0.25, -0.2) is 19.7 Å². The highest BCUT2D eigenvalue weighted by atomic mass is 79.9. The Hall–Kier alpha value is -13.4. The maximum absolute atomic E-state index is 11.7. The van der Waals surface area contributed by atoms with Gasteiger partial charge in [0.15, 0.2) is 11.6 Å². The summed E-state index contributed by atoms with van der Waals surface area (Å²) in [5.41, 5.74) is 20.6. The van der Waals surface area contributed by atoms with Crippen molar-refractivity contribution in [2.75, 3.05) is 7.11 Å². The van der Waals surface area contributed by atoms with Crippen LogP contribution in [0.1, 0.15) is 231 Å². The van der Waals surface area contributed by atoms with Crippen LogP contribution in [0.2, 0.25) is 5.02 Å². The average Bonchev–Trinajstić information content (AvgIpc) is 1.56. The Morgan fingerprint density at radius 3 is 1.38 bits per heavy atom. The number of aryl methyl sites for hydroxylation is 2. The van der Waals surface area contributed by atoms with E-state index in [1.807, 2.05) is 187 Å². The average molecular weight is 2060 g/mol. The number of aliphatic imine (C=N–C) groups is 5. The van der Waals surface area contributed by atoms with E-state index in [0.717, 1.165) is 185 Å². The summed E-state index contributed by atoms with van der Waals surface area (Å²) in [6, 6.07) is 62.7. The summed E-state index contributed by atoms with van der Waals surface area (Å²) in [4.78, 5) is 104. The number of carbonyl (C=O) groups is 4. The van der Waals surface area contributed by atoms with Gasteiger partial charge in [0.05, 0.1) is 86.9 Å². The molecule has 31 heteroatoms. The van der Waals surface area contributed by atoms with E-state index in [4.69, 9.17) is 46.3 Å². The van der Waals surface area contributed by atoms with Crippen LogP contribution in [-0.4, -0.2) is 137 Å². The van der Waals surface area contributed by atoms with Crippen LogP contribution in [0.5, 0.6) is 0 Å². The van der Waals surface area contributed by atoms with Crippen LogP contribution in [0.25, 0.3) is 28.4 Å². The zero-order valence-electron chi connectivity index (χ0n) is 74.2. The molecular formula is C103H90Br4ClN21O5. The normalized spacial score (nSPS) is 16.1. The molecule has 0 spiro atoms. The number of carbonyl (C=O) groups excluding carboxylic acids is 4. The van der Waals surface area contributed by atoms with E-state index in [-0.39, 0.29) is 41.5 Å². The van der Waals surface area contributed by atoms with Gasteiger partial charge < -0.3 is 23.7 Å². The molecule has 0 radical (unpaired) electrons. The Balaban J connectivity index is 0.000000117. The standard InChI is InChI=1S/C23H21BrN4O.C21H17BrN4O2.C20H18BrN5O.C20H17BrN4O.C19H17ClN4/c1-14(29)5-9-19-23-26-13-21(15-6-7-15)28(23)20-10-8-16(24)12-17(20)22(27-19)18-4-2-3-11-25-18;1-13-12-24-21-17(7-9-19(27)28-2)25-20(16-5-3-4-10-23-16)15-11-14(22)6-8-18(15)26(13)21;1-12(27)6-8-17-20-25-24-13(2)26(20)18-9-7-14(21)11-15(18)19(23-17)16-5-3-4-10-22-16;1-13(26)5-7-17-20-23-10-11-25(20)18-8-6-14(21)12-15(18)19(24-17)16-4-2-3-9-22-16;1-2-6-16-19-23-21-12-24(19)17-10-9-14(20)11-15(17)18(22-16)13-7-4-3-5-8-13/h2-4,8,10-13,15,19H,5-7,9H2,1H3;3-12,17H,1-2H3;3-5,7,9-11,17H,6,8H2,1-2H3;2-4,6,8-12,17H,5,7H2,1H3;3-5,7-12,16H,2,6H2,1H3/b;9-7+;;;/t19-;;2*17-;16-/m0.000/s1. The number of imidazole rings is 3. The first-order valence-electron chi connectivity index (χ1n) is 44.0. The van der Waals surface area contributed by atoms with E-state index in [1.165, 1.54) is 31.7 Å². The number of esters is 1. The molecule has 0 bridgehead atoms. The van der Waals surface area contributed by atoms with E-state index in [9.17, 15) is 19.2 Å². The summed E-state index contributed by atoms with van der Waals surface area (Å²) >= 11 is 20.6. The monoisotopic (exact) mass is 2050 g/mol. The number of halogens is 5. The molecule has 9 aromatic heterocycles. The maximum atomic E-state index is 11.7. The van der Waals surface area contributed by atoms with Crippen LogP contribution in [0.15, 0.2) is 305 Å². The summed E-state index contributed by atoms with van der Waals surface area (Å²) < 4.78 is 19.1. The highest BCUT2D eigenvalue weighted by molar-refractivity contribution is 9.11. The second-order valence-electron chi connectivity index (χ2n) is 32.7. The third-order valence-corrected chi connectivity index (χ3v) is 25.4. The second-order valence-corrected chi connectivity index (χ2v) is 36.8. The molecule has 5 atom stereocenters. The molecule has 6 aliphatic rings. The zero-order chi connectivity index (χ0) is 93.2. The van der Waals surface area contributed by atoms with Gasteiger partial charge in [0, 0.05) is 149 Å². The molecule has 6 aromatic carbocycles. The van der Waals surface area contributed by atoms with Gasteiger partial charge in [-0.1, -0.05) is 143 Å². The van der Waals surface area contributed by atoms with E-state index >= 15 is 0 Å². The lowest BCUT2D eigenvalue weighted by Gasteiger charge is -2.15. The lowest BCUT2D eigenvalue weighted by molar-refractivity contribution is -0.135. The number of hydrogen-bond donors (Lipinski definition) is 0. The van der Waals surface area contributed by atoms with Crippen molar-refractivity contribution in [3.05, 3.63) is 388 Å². The van der Waals surface area contributed by atoms with E-state index in [1.54, 1.807) is 70.4 Å². The molecule has 26 nitrogen and oxygen atoms in total. The van der Waals surface area contributed by atoms with Gasteiger partial charge >= 0.3 is 5.97 Å². The van der Waals surface area contributed by atoms with Crippen molar-refractivity contribution in [2.24, 2.45) is 25.0 Å². The number of benzene rings is 6. The van der Waals surface area contributed by atoms with Crippen LogP contribution in [0.4, 0.5) is 0 Å². The van der Waals surface area contributed by atoms with Crippen molar-refractivity contribution in [2.45, 2.75) is 142 Å². The molecule has 15 aromatic rings. The molecule has 5 aliphatic heterocycles. The van der Waals surface area contributed by atoms with Crippen molar-refractivity contribution in [1.82, 2.24) is 78.1 Å². The molecule has 1 saturated carbocycles. The molecular weight excluding hydrogens is 1970 g/mol. The van der Waals surface area contributed by atoms with Gasteiger partial charge in [-0.05, 0) is 219 Å². The summed E-state index contributed by atoms with van der Waals surface area (Å²) in [6.45, 7) is 10.9. The van der Waals surface area contributed by atoms with Crippen LogP contribution in [-0.2, 0) is 23.9 Å². The van der Waals surface area contributed by atoms with Crippen molar-refractivity contribution < 1.29 is 23.9 Å². The molecule has 0 amide bonds. The molecule has 14 heterocycles. The predicted octanol–water partition coefficient (Wildman–Crippen LogP) is 22.0. The Morgan fingerprint density at radius 2 is 0.873 bits per heavy atom. The highest BCUT2D eigenvalue weighted by Gasteiger charge is 2.37. The van der Waals surface area contributed by atoms with E-state index < -0.39 is 12.0 Å². The van der Waals surface area contributed by atoms with Gasteiger partial charge in [0.25, 0.3) is 0 Å². The Bertz CT molecular complexity index is 7110. The lowest BCUT2D eigenvalue weighted by atomic mass is 10.0. The first-order chi connectivity index (χ1) is 65.1. The van der Waals surface area contributed by atoms with Gasteiger partial charge in [-0.15, -0.1) is 20.4 Å². The molecule has 1 unspecified atom stereocenters. The highest BCUT2D eigenvalue weighted by Crippen LogP contribution is 2.46. The van der Waals surface area contributed by atoms with Gasteiger partial charge in [0.1, 0.15) is 77.2 Å². The topological polar surface area (TPSA) is 306 Å². The van der Waals surface area contributed by atoms with Crippen LogP contribution in [0, 0.1) is 13.8 Å². The molecule has 1 fully saturated rings. The largest absolute Gasteiger partial charge is 0.466 e. The Morgan fingerprint density at radius 1 is 0.425 bits per heavy atom. The van der Waals surface area contributed by atoms with Crippen molar-refractivity contribution in [3.8, 4) is 28.4 Å². The molecule has 0 saturated heterocycles. The molecule has 134 heavy (non-hydrogen) atoms. The van der Waals surface area contributed by atoms with Gasteiger partial charge in [-0.3, -0.25) is 63.2 Å². The summed E-state index contributed by atoms with van der Waals surface area (Å²) in [6.07, 6.45) is 27.0. The predicted molar refractivity (Wildman–Crippen MR) is 532 cm³/mol. The fourth-order valence-electron chi connectivity index (χ4n) is 16.8. The summed E-state index contributed by atoms with van der Waals surface area (Å²) in [5.74, 6) is 5.50. The first-order valence-corrected chi connectivity index (χ1v) is 47.5. The number of pyridine rings is 4. The van der Waals surface area contributed by atoms with Gasteiger partial charge in [0.2, 0.25) is 0 Å². The van der Waals surface area contributed by atoms with E-state index in [2.05, 4.69) is 177 Å². The number of rotatable bonds is 19. The van der Waals surface area contributed by atoms with Gasteiger partial charge in [-0.2, -0.15) is 0 Å². The molecule has 672 valence electrons. The molecule has 21 rings (SSSR count). The number of Topliss-reactive ketones (excluding diaryl/α,β-unsaturated/α-hetero) is 3. The smallest absolute Gasteiger partial charge is 0.330 e. The third kappa shape index (κ3) is 20.5. The fraction of sp³-hybridized carbons (Fsp3) is 0.223. The summed E-state index contributed by atoms with van der Waals surface area (Å²) in [5, 5.41) is 17.8. The fourth-order valence-corrected chi connectivity index (χ4v) is 18.4. The third-order valence-electron chi connectivity index (χ3n) is 23.2. The Kier molecular flexibility index (Phi) is 28.9. The SMILES string of the molecule is CC(=O)CC[C@@H]1N=C(c2ccccn2)c2cc(Br)ccc2-n2c(C)nnc21.CC(=O)CC[C@@H]1N=C(c2ccccn2)c2cc(Br)ccc2-n2c(C3CC3)cnc21.CC(=O)CC[C@@H]1N=C(c2ccccn2)c2cc(Br)ccc2-n2ccnc21.CCC[C@@H]1N=C(c2ccccc2)c2cc(Cl)ccc2-n2cnnc21.COC(=O)/C=C/C1N=C(c2ccccn2)c2cc(Br)ccc2-n2c(C)cnc21. The minimum atomic E-state index is -0.462. The molecule has 0 N–H and O–H groups in total. The van der Waals surface area contributed by atoms with Crippen LogP contribution < -0.4 is 0 Å². The van der Waals surface area contributed by atoms with Crippen LogP contribution in [0.3, 0.4) is 0 Å². The number of hydrogen-bond acceptors (Lipinski definition) is 21. The minimum Gasteiger partial charge on any atom is -0.466 e. The number of ether oxygens (including phenoxy) is 1. The zero-order valence-corrected chi connectivity index (χ0v) is 81.3. The number of ketones is 3. The number of aromatic nitrogens is 16. The second kappa shape index (κ2) is 41.8. The number of methoxy groups -OCH3 is 1. The quantitative estimate of drug-likeness (QED) is 0.0536. The van der Waals surface area contributed by atoms with Crippen molar-refractivity contribution in [3.63, 3.8) is 0 Å².